The lowest BCUT2D eigenvalue weighted by Crippen LogP contribution is -2.22. The second-order valence-electron chi connectivity index (χ2n) is 4.75. The van der Waals surface area contributed by atoms with E-state index in [9.17, 15) is 9.59 Å². The molecular formula is C16H14N4O2. The molecule has 1 amide bonds. The quantitative estimate of drug-likeness (QED) is 0.746. The van der Waals surface area contributed by atoms with Crippen LogP contribution in [0.1, 0.15) is 27.6 Å². The number of aldehydes is 1. The van der Waals surface area contributed by atoms with E-state index in [4.69, 9.17) is 0 Å². The van der Waals surface area contributed by atoms with Gasteiger partial charge in [-0.1, -0.05) is 0 Å². The van der Waals surface area contributed by atoms with Crippen molar-refractivity contribution in [3.05, 3.63) is 54.0 Å². The number of nitrogens with one attached hydrogen (secondary N) is 1. The van der Waals surface area contributed by atoms with Gasteiger partial charge in [0.25, 0.3) is 5.91 Å². The molecule has 0 atom stereocenters. The van der Waals surface area contributed by atoms with E-state index in [0.29, 0.717) is 29.1 Å². The number of rotatable bonds is 4. The van der Waals surface area contributed by atoms with Crippen LogP contribution in [0, 0.1) is 0 Å². The molecule has 22 heavy (non-hydrogen) atoms. The molecule has 3 heterocycles. The Bertz CT molecular complexity index is 837. The number of carbonyl (C=O) groups is 2. The number of hydrogen-bond acceptors (Lipinski definition) is 4. The van der Waals surface area contributed by atoms with Crippen LogP contribution in [-0.2, 0) is 0 Å². The van der Waals surface area contributed by atoms with Crippen LogP contribution in [-0.4, -0.2) is 33.3 Å². The average Bonchev–Trinajstić information content (AvgIpc) is 2.98. The van der Waals surface area contributed by atoms with E-state index in [2.05, 4.69) is 15.3 Å². The summed E-state index contributed by atoms with van der Waals surface area (Å²) in [4.78, 5) is 31.1. The fourth-order valence-electron chi connectivity index (χ4n) is 2.22. The molecular weight excluding hydrogens is 280 g/mol. The van der Waals surface area contributed by atoms with Gasteiger partial charge in [-0.2, -0.15) is 0 Å². The molecule has 0 unspecified atom stereocenters. The molecule has 3 rings (SSSR count). The maximum Gasteiger partial charge on any atom is 0.252 e. The summed E-state index contributed by atoms with van der Waals surface area (Å²) in [5.41, 5.74) is 1.76. The fourth-order valence-corrected chi connectivity index (χ4v) is 2.22. The van der Waals surface area contributed by atoms with Crippen LogP contribution in [0.3, 0.4) is 0 Å². The van der Waals surface area contributed by atoms with Crippen LogP contribution < -0.4 is 5.32 Å². The van der Waals surface area contributed by atoms with Crippen LogP contribution in [0.5, 0.6) is 0 Å². The van der Waals surface area contributed by atoms with Crippen molar-refractivity contribution in [2.75, 3.05) is 6.54 Å². The van der Waals surface area contributed by atoms with Crippen molar-refractivity contribution in [3.8, 4) is 5.82 Å². The van der Waals surface area contributed by atoms with Gasteiger partial charge >= 0.3 is 0 Å². The first kappa shape index (κ1) is 13.9. The van der Waals surface area contributed by atoms with Crippen molar-refractivity contribution < 1.29 is 9.59 Å². The van der Waals surface area contributed by atoms with E-state index < -0.39 is 0 Å². The van der Waals surface area contributed by atoms with E-state index in [0.717, 1.165) is 11.7 Å². The average molecular weight is 294 g/mol. The van der Waals surface area contributed by atoms with Crippen molar-refractivity contribution in [2.45, 2.75) is 6.92 Å². The van der Waals surface area contributed by atoms with E-state index in [1.54, 1.807) is 18.2 Å². The van der Waals surface area contributed by atoms with Crippen LogP contribution in [0.4, 0.5) is 0 Å². The van der Waals surface area contributed by atoms with Gasteiger partial charge in [-0.3, -0.25) is 14.2 Å². The Morgan fingerprint density at radius 1 is 1.27 bits per heavy atom. The molecule has 110 valence electrons. The summed E-state index contributed by atoms with van der Waals surface area (Å²) in [6, 6.07) is 7.13. The molecule has 0 aliphatic carbocycles. The summed E-state index contributed by atoms with van der Waals surface area (Å²) in [5.74, 6) is 0.516. The Labute approximate surface area is 126 Å². The molecule has 0 spiro atoms. The maximum atomic E-state index is 11.7. The van der Waals surface area contributed by atoms with Gasteiger partial charge in [-0.05, 0) is 31.2 Å². The van der Waals surface area contributed by atoms with Crippen LogP contribution >= 0.6 is 0 Å². The van der Waals surface area contributed by atoms with Gasteiger partial charge < -0.3 is 5.32 Å². The summed E-state index contributed by atoms with van der Waals surface area (Å²) >= 11 is 0. The number of fused-ring (bicyclic) bond motifs is 1. The second kappa shape index (κ2) is 5.77. The number of pyridine rings is 2. The third-order valence-electron chi connectivity index (χ3n) is 3.28. The smallest absolute Gasteiger partial charge is 0.252 e. The highest BCUT2D eigenvalue weighted by molar-refractivity contribution is 5.94. The Hall–Kier alpha value is -3.02. The van der Waals surface area contributed by atoms with Crippen molar-refractivity contribution in [1.82, 2.24) is 19.9 Å². The van der Waals surface area contributed by atoms with Crippen LogP contribution in [0.2, 0.25) is 0 Å². The number of aromatic nitrogens is 3. The molecule has 0 fully saturated rings. The highest BCUT2D eigenvalue weighted by Crippen LogP contribution is 2.18. The highest BCUT2D eigenvalue weighted by Gasteiger charge is 2.08. The van der Waals surface area contributed by atoms with Crippen molar-refractivity contribution in [2.24, 2.45) is 0 Å². The predicted octanol–water partition coefficient (Wildman–Crippen LogP) is 1.98. The fraction of sp³-hybridized carbons (Fsp3) is 0.125. The van der Waals surface area contributed by atoms with Crippen LogP contribution in [0.15, 0.2) is 42.9 Å². The summed E-state index contributed by atoms with van der Waals surface area (Å²) in [5, 5.41) is 3.59. The zero-order chi connectivity index (χ0) is 15.5. The zero-order valence-corrected chi connectivity index (χ0v) is 12.0. The Morgan fingerprint density at radius 2 is 2.14 bits per heavy atom. The molecule has 3 aromatic rings. The maximum absolute atomic E-state index is 11.7. The molecule has 6 heteroatoms. The lowest BCUT2D eigenvalue weighted by atomic mass is 10.2. The van der Waals surface area contributed by atoms with Crippen molar-refractivity contribution >= 4 is 23.2 Å². The first-order valence-corrected chi connectivity index (χ1v) is 6.90. The first-order chi connectivity index (χ1) is 10.7. The molecule has 0 bridgehead atoms. The summed E-state index contributed by atoms with van der Waals surface area (Å²) in [6.07, 6.45) is 5.66. The third kappa shape index (κ3) is 2.46. The SMILES string of the molecule is CCNC(=O)c1ccc(-n2ccc3cc(C=O)cnc32)nc1. The molecule has 0 aromatic carbocycles. The number of carbonyl (C=O) groups excluding carboxylic acids is 2. The minimum atomic E-state index is -0.146. The van der Waals surface area contributed by atoms with E-state index in [1.807, 2.05) is 23.8 Å². The summed E-state index contributed by atoms with van der Waals surface area (Å²) in [6.45, 7) is 2.44. The molecule has 3 aromatic heterocycles. The van der Waals surface area contributed by atoms with Gasteiger partial charge in [0.1, 0.15) is 11.5 Å². The third-order valence-corrected chi connectivity index (χ3v) is 3.28. The monoisotopic (exact) mass is 294 g/mol. The Balaban J connectivity index is 1.97. The van der Waals surface area contributed by atoms with Gasteiger partial charge in [0.15, 0.2) is 6.29 Å². The molecule has 0 radical (unpaired) electrons. The van der Waals surface area contributed by atoms with Gasteiger partial charge in [0.2, 0.25) is 0 Å². The Morgan fingerprint density at radius 3 is 2.82 bits per heavy atom. The van der Waals surface area contributed by atoms with E-state index in [-0.39, 0.29) is 5.91 Å². The van der Waals surface area contributed by atoms with Gasteiger partial charge in [0.05, 0.1) is 5.56 Å². The molecule has 1 N–H and O–H groups in total. The molecule has 0 aliphatic rings. The molecule has 0 aliphatic heterocycles. The van der Waals surface area contributed by atoms with E-state index >= 15 is 0 Å². The number of hydrogen-bond donors (Lipinski definition) is 1. The van der Waals surface area contributed by atoms with Gasteiger partial charge in [-0.25, -0.2) is 9.97 Å². The first-order valence-electron chi connectivity index (χ1n) is 6.90. The van der Waals surface area contributed by atoms with Gasteiger partial charge in [0, 0.05) is 36.1 Å². The zero-order valence-electron chi connectivity index (χ0n) is 12.0. The van der Waals surface area contributed by atoms with Crippen LogP contribution in [0.25, 0.3) is 16.9 Å². The largest absolute Gasteiger partial charge is 0.352 e. The summed E-state index contributed by atoms with van der Waals surface area (Å²) < 4.78 is 1.81. The van der Waals surface area contributed by atoms with Crippen molar-refractivity contribution in [1.29, 1.82) is 0 Å². The number of amides is 1. The van der Waals surface area contributed by atoms with Gasteiger partial charge in [-0.15, -0.1) is 0 Å². The standard InChI is InChI=1S/C16H14N4O2/c1-2-17-16(22)13-3-4-14(18-9-13)20-6-5-12-7-11(10-21)8-19-15(12)20/h3-10H,2H2,1H3,(H,17,22). The Kier molecular flexibility index (Phi) is 3.65. The van der Waals surface area contributed by atoms with E-state index in [1.165, 1.54) is 12.4 Å². The second-order valence-corrected chi connectivity index (χ2v) is 4.75. The molecule has 0 saturated heterocycles. The normalized spacial score (nSPS) is 10.6. The lowest BCUT2D eigenvalue weighted by Gasteiger charge is -2.06. The minimum Gasteiger partial charge on any atom is -0.352 e. The highest BCUT2D eigenvalue weighted by atomic mass is 16.1. The number of nitrogens with zero attached hydrogens (tertiary/aromatic N) is 3. The molecule has 6 nitrogen and oxygen atoms in total. The van der Waals surface area contributed by atoms with Crippen molar-refractivity contribution in [3.63, 3.8) is 0 Å². The summed E-state index contributed by atoms with van der Waals surface area (Å²) in [7, 11) is 0. The minimum absolute atomic E-state index is 0.146. The predicted molar refractivity (Wildman–Crippen MR) is 82.3 cm³/mol. The molecule has 0 saturated carbocycles. The topological polar surface area (TPSA) is 76.9 Å². The lowest BCUT2D eigenvalue weighted by molar-refractivity contribution is 0.0955.